The van der Waals surface area contributed by atoms with Crippen LogP contribution in [0.1, 0.15) is 6.92 Å². The first-order chi connectivity index (χ1) is 5.61. The molecule has 1 amide bonds. The summed E-state index contributed by atoms with van der Waals surface area (Å²) in [7, 11) is 0. The molecule has 0 aromatic heterocycles. The first kappa shape index (κ1) is 9.74. The minimum absolute atomic E-state index is 0.0342. The van der Waals surface area contributed by atoms with Crippen molar-refractivity contribution >= 4 is 21.8 Å². The van der Waals surface area contributed by atoms with E-state index in [1.807, 2.05) is 6.92 Å². The normalized spacial score (nSPS) is 25.2. The third-order valence-electron chi connectivity index (χ3n) is 2.00. The Kier molecular flexibility index (Phi) is 3.29. The van der Waals surface area contributed by atoms with E-state index in [9.17, 15) is 4.79 Å². The molecule has 1 N–H and O–H groups in total. The molecule has 0 aliphatic carbocycles. The molecule has 4 heteroatoms. The number of nitrogens with zero attached hydrogens (tertiary/aromatic N) is 1. The molecule has 12 heavy (non-hydrogen) atoms. The minimum Gasteiger partial charge on any atom is -0.353 e. The minimum atomic E-state index is -0.0342. The number of halogens is 1. The monoisotopic (exact) mass is 232 g/mol. The Morgan fingerprint density at radius 2 is 2.58 bits per heavy atom. The number of carbonyl (C=O) groups excluding carboxylic acids is 1. The van der Waals surface area contributed by atoms with Gasteiger partial charge in [-0.25, -0.2) is 0 Å². The maximum atomic E-state index is 11.2. The number of carbonyl (C=O) groups is 1. The Labute approximate surface area is 80.9 Å². The van der Waals surface area contributed by atoms with E-state index in [0.29, 0.717) is 0 Å². The predicted molar refractivity (Wildman–Crippen MR) is 52.1 cm³/mol. The Hall–Kier alpha value is -0.350. The van der Waals surface area contributed by atoms with Crippen LogP contribution in [0.2, 0.25) is 0 Å². The maximum absolute atomic E-state index is 11.2. The van der Waals surface area contributed by atoms with Gasteiger partial charge in [-0.3, -0.25) is 9.69 Å². The second kappa shape index (κ2) is 4.05. The molecule has 0 spiro atoms. The number of hydrogen-bond acceptors (Lipinski definition) is 2. The van der Waals surface area contributed by atoms with Gasteiger partial charge in [0, 0.05) is 24.1 Å². The van der Waals surface area contributed by atoms with Crippen molar-refractivity contribution in [3.8, 4) is 0 Å². The van der Waals surface area contributed by atoms with Crippen LogP contribution in [0.15, 0.2) is 11.1 Å². The van der Waals surface area contributed by atoms with Crippen LogP contribution in [0.25, 0.3) is 0 Å². The molecule has 1 heterocycles. The molecule has 0 aromatic rings. The summed E-state index contributed by atoms with van der Waals surface area (Å²) in [6, 6.07) is -0.0342. The lowest BCUT2D eigenvalue weighted by Crippen LogP contribution is -2.53. The van der Waals surface area contributed by atoms with Crippen molar-refractivity contribution in [2.24, 2.45) is 0 Å². The second-order valence-electron chi connectivity index (χ2n) is 2.95. The van der Waals surface area contributed by atoms with Crippen molar-refractivity contribution in [1.29, 1.82) is 0 Å². The predicted octanol–water partition coefficient (Wildman–Crippen LogP) is 0.715. The Morgan fingerprint density at radius 3 is 3.17 bits per heavy atom. The van der Waals surface area contributed by atoms with E-state index in [1.165, 1.54) is 0 Å². The molecule has 1 aliphatic rings. The van der Waals surface area contributed by atoms with Gasteiger partial charge < -0.3 is 5.32 Å². The molecule has 1 saturated heterocycles. The van der Waals surface area contributed by atoms with E-state index in [-0.39, 0.29) is 11.9 Å². The molecular formula is C8H13BrN2O. The molecule has 0 radical (unpaired) electrons. The first-order valence-electron chi connectivity index (χ1n) is 3.96. The van der Waals surface area contributed by atoms with Crippen LogP contribution >= 0.6 is 15.9 Å². The standard InChI is InChI=1S/C8H13BrN2O/c1-6(9)5-11-4-3-10-8(12)7(11)2/h7H,1,3-5H2,2H3,(H,10,12). The van der Waals surface area contributed by atoms with Gasteiger partial charge in [-0.15, -0.1) is 0 Å². The summed E-state index contributed by atoms with van der Waals surface area (Å²) in [5.74, 6) is 0.106. The van der Waals surface area contributed by atoms with Crippen molar-refractivity contribution in [1.82, 2.24) is 10.2 Å². The summed E-state index contributed by atoms with van der Waals surface area (Å²) in [5.41, 5.74) is 0. The third-order valence-corrected chi connectivity index (χ3v) is 2.25. The zero-order valence-electron chi connectivity index (χ0n) is 7.14. The molecule has 0 aromatic carbocycles. The lowest BCUT2D eigenvalue weighted by atomic mass is 10.2. The number of rotatable bonds is 2. The largest absolute Gasteiger partial charge is 0.353 e. The Balaban J connectivity index is 2.52. The SMILES string of the molecule is C=C(Br)CN1CCNC(=O)C1C. The highest BCUT2D eigenvalue weighted by molar-refractivity contribution is 9.11. The maximum Gasteiger partial charge on any atom is 0.237 e. The summed E-state index contributed by atoms with van der Waals surface area (Å²) in [6.45, 7) is 8.04. The van der Waals surface area contributed by atoms with E-state index in [2.05, 4.69) is 32.7 Å². The number of piperazine rings is 1. The lowest BCUT2D eigenvalue weighted by molar-refractivity contribution is -0.127. The van der Waals surface area contributed by atoms with Gasteiger partial charge in [-0.2, -0.15) is 0 Å². The summed E-state index contributed by atoms with van der Waals surface area (Å²) < 4.78 is 0.920. The van der Waals surface area contributed by atoms with E-state index in [1.54, 1.807) is 0 Å². The number of nitrogens with one attached hydrogen (secondary N) is 1. The molecular weight excluding hydrogens is 220 g/mol. The van der Waals surface area contributed by atoms with Gasteiger partial charge in [-0.05, 0) is 6.92 Å². The highest BCUT2D eigenvalue weighted by Gasteiger charge is 2.24. The van der Waals surface area contributed by atoms with Crippen molar-refractivity contribution < 1.29 is 4.79 Å². The Bertz CT molecular complexity index is 205. The zero-order valence-corrected chi connectivity index (χ0v) is 8.73. The highest BCUT2D eigenvalue weighted by atomic mass is 79.9. The zero-order chi connectivity index (χ0) is 9.14. The molecule has 1 aliphatic heterocycles. The van der Waals surface area contributed by atoms with Gasteiger partial charge in [0.05, 0.1) is 6.04 Å². The topological polar surface area (TPSA) is 32.3 Å². The molecule has 68 valence electrons. The van der Waals surface area contributed by atoms with E-state index < -0.39 is 0 Å². The smallest absolute Gasteiger partial charge is 0.237 e. The third kappa shape index (κ3) is 2.32. The summed E-state index contributed by atoms with van der Waals surface area (Å²) in [4.78, 5) is 13.3. The van der Waals surface area contributed by atoms with Crippen LogP contribution in [-0.4, -0.2) is 36.5 Å². The van der Waals surface area contributed by atoms with Gasteiger partial charge >= 0.3 is 0 Å². The van der Waals surface area contributed by atoms with Crippen LogP contribution in [0, 0.1) is 0 Å². The molecule has 0 saturated carbocycles. The molecule has 3 nitrogen and oxygen atoms in total. The summed E-state index contributed by atoms with van der Waals surface area (Å²) in [5, 5.41) is 2.81. The number of amides is 1. The van der Waals surface area contributed by atoms with Crippen molar-refractivity contribution in [3.05, 3.63) is 11.1 Å². The van der Waals surface area contributed by atoms with Crippen LogP contribution < -0.4 is 5.32 Å². The van der Waals surface area contributed by atoms with E-state index >= 15 is 0 Å². The van der Waals surface area contributed by atoms with Crippen LogP contribution in [0.5, 0.6) is 0 Å². The van der Waals surface area contributed by atoms with Crippen LogP contribution in [0.4, 0.5) is 0 Å². The highest BCUT2D eigenvalue weighted by Crippen LogP contribution is 2.09. The number of hydrogen-bond donors (Lipinski definition) is 1. The van der Waals surface area contributed by atoms with Crippen molar-refractivity contribution in [3.63, 3.8) is 0 Å². The van der Waals surface area contributed by atoms with Crippen molar-refractivity contribution in [2.45, 2.75) is 13.0 Å². The van der Waals surface area contributed by atoms with Gasteiger partial charge in [0.1, 0.15) is 0 Å². The average Bonchev–Trinajstić information content (AvgIpc) is 1.98. The lowest BCUT2D eigenvalue weighted by Gasteiger charge is -2.32. The molecule has 1 atom stereocenters. The van der Waals surface area contributed by atoms with Gasteiger partial charge in [0.25, 0.3) is 0 Å². The quantitative estimate of drug-likeness (QED) is 0.762. The van der Waals surface area contributed by atoms with E-state index in [4.69, 9.17) is 0 Å². The average molecular weight is 233 g/mol. The molecule has 1 fully saturated rings. The Morgan fingerprint density at radius 1 is 1.92 bits per heavy atom. The fraction of sp³-hybridized carbons (Fsp3) is 0.625. The van der Waals surface area contributed by atoms with E-state index in [0.717, 1.165) is 24.1 Å². The van der Waals surface area contributed by atoms with Crippen molar-refractivity contribution in [2.75, 3.05) is 19.6 Å². The first-order valence-corrected chi connectivity index (χ1v) is 4.75. The fourth-order valence-corrected chi connectivity index (χ4v) is 1.59. The molecule has 1 unspecified atom stereocenters. The molecule has 1 rings (SSSR count). The van der Waals surface area contributed by atoms with Crippen LogP contribution in [0.3, 0.4) is 0 Å². The van der Waals surface area contributed by atoms with Gasteiger partial charge in [0.15, 0.2) is 0 Å². The molecule has 0 bridgehead atoms. The fourth-order valence-electron chi connectivity index (χ4n) is 1.27. The van der Waals surface area contributed by atoms with Gasteiger partial charge in [0.2, 0.25) is 5.91 Å². The van der Waals surface area contributed by atoms with Gasteiger partial charge in [-0.1, -0.05) is 22.5 Å². The van der Waals surface area contributed by atoms with Crippen LogP contribution in [-0.2, 0) is 4.79 Å². The summed E-state index contributed by atoms with van der Waals surface area (Å²) in [6.07, 6.45) is 0. The summed E-state index contributed by atoms with van der Waals surface area (Å²) >= 11 is 3.29. The second-order valence-corrected chi connectivity index (χ2v) is 4.08.